The maximum Gasteiger partial charge on any atom is 0.324 e. The lowest BCUT2D eigenvalue weighted by Crippen LogP contribution is -1.03. The summed E-state index contributed by atoms with van der Waals surface area (Å²) in [5.74, 6) is 0. The van der Waals surface area contributed by atoms with Gasteiger partial charge in [0.25, 0.3) is 0 Å². The standard InChI is InChI=1S/H3N.HO2P.H2O/c;1-3-2;/h1H3;(H,1,2);1H2. The van der Waals surface area contributed by atoms with Crippen molar-refractivity contribution in [1.82, 2.24) is 6.15 Å². The predicted molar refractivity (Wildman–Crippen MR) is 18.5 cm³/mol. The lowest BCUT2D eigenvalue weighted by atomic mass is 14.0. The summed E-state index contributed by atoms with van der Waals surface area (Å²) in [5, 5.41) is 0. The van der Waals surface area contributed by atoms with Gasteiger partial charge in [-0.1, -0.05) is 0 Å². The van der Waals surface area contributed by atoms with Gasteiger partial charge in [0.2, 0.25) is 0 Å². The molecule has 0 atom stereocenters. The molecule has 0 bridgehead atoms. The first-order valence-electron chi connectivity index (χ1n) is 0.383. The van der Waals surface area contributed by atoms with Gasteiger partial charge in [-0.05, 0) is 0 Å². The van der Waals surface area contributed by atoms with E-state index in [2.05, 4.69) is 0 Å². The van der Waals surface area contributed by atoms with Crippen LogP contribution in [0.3, 0.4) is 0 Å². The van der Waals surface area contributed by atoms with E-state index in [1.807, 2.05) is 0 Å². The molecule has 0 heterocycles. The summed E-state index contributed by atoms with van der Waals surface area (Å²) in [5.41, 5.74) is 0. The van der Waals surface area contributed by atoms with E-state index in [0.29, 0.717) is 0 Å². The fourth-order valence-corrected chi connectivity index (χ4v) is 0. The molecule has 0 aromatic carbocycles. The van der Waals surface area contributed by atoms with E-state index in [4.69, 9.17) is 9.46 Å². The quantitative estimate of drug-likeness (QED) is 0.401. The Balaban J connectivity index is -0.0000000200. The van der Waals surface area contributed by atoms with Crippen LogP contribution in [-0.4, -0.2) is 10.4 Å². The molecule has 0 rings (SSSR count). The van der Waals surface area contributed by atoms with Crippen LogP contribution in [-0.2, 0) is 4.57 Å². The Morgan fingerprint density at radius 3 is 1.60 bits per heavy atom. The van der Waals surface area contributed by atoms with E-state index in [9.17, 15) is 0 Å². The Morgan fingerprint density at radius 2 is 1.60 bits per heavy atom. The minimum Gasteiger partial charge on any atom is -0.412 e. The number of rotatable bonds is 0. The third kappa shape index (κ3) is 39000. The lowest BCUT2D eigenvalue weighted by Gasteiger charge is -1.24. The number of hydrogen-bond acceptors (Lipinski definition) is 2. The average molecular weight is 99.0 g/mol. The number of hydrogen-bond donors (Lipinski definition) is 2. The molecule has 4 nitrogen and oxygen atoms in total. The monoisotopic (exact) mass is 99.0 g/mol. The molecule has 6 N–H and O–H groups in total. The van der Waals surface area contributed by atoms with Crippen LogP contribution in [0.4, 0.5) is 0 Å². The molecular weight excluding hydrogens is 93.0 g/mol. The van der Waals surface area contributed by atoms with Gasteiger partial charge in [-0.25, -0.2) is 4.57 Å². The van der Waals surface area contributed by atoms with E-state index in [1.165, 1.54) is 0 Å². The topological polar surface area (TPSA) is 104 Å². The van der Waals surface area contributed by atoms with Gasteiger partial charge in [-0.15, -0.1) is 0 Å². The first-order chi connectivity index (χ1) is 1.41. The van der Waals surface area contributed by atoms with Gasteiger partial charge in [0.05, 0.1) is 0 Å². The second-order valence-electron chi connectivity index (χ2n) is 0.0816. The van der Waals surface area contributed by atoms with Crippen molar-refractivity contribution < 1.29 is 14.9 Å². The zero-order chi connectivity index (χ0) is 2.71. The molecule has 0 aromatic rings. The highest BCUT2D eigenvalue weighted by atomic mass is 31.1. The Labute approximate surface area is 31.0 Å². The first kappa shape index (κ1) is 20.1. The Morgan fingerprint density at radius 1 is 1.60 bits per heavy atom. The van der Waals surface area contributed by atoms with Gasteiger partial charge in [0, 0.05) is 0 Å². The summed E-state index contributed by atoms with van der Waals surface area (Å²) in [6.07, 6.45) is 0. The molecule has 0 saturated heterocycles. The minimum atomic E-state index is -0.833. The van der Waals surface area contributed by atoms with E-state index in [0.717, 1.165) is 0 Å². The molecule has 0 spiro atoms. The second kappa shape index (κ2) is 36.8. The van der Waals surface area contributed by atoms with Crippen molar-refractivity contribution in [2.75, 3.05) is 0 Å². The molecule has 34 valence electrons. The van der Waals surface area contributed by atoms with Crippen LogP contribution < -0.4 is 6.15 Å². The normalized spacial score (nSPS) is 4.20. The third-order valence-corrected chi connectivity index (χ3v) is 0. The van der Waals surface area contributed by atoms with Crippen molar-refractivity contribution in [2.45, 2.75) is 0 Å². The van der Waals surface area contributed by atoms with Gasteiger partial charge in [-0.2, -0.15) is 0 Å². The van der Waals surface area contributed by atoms with Gasteiger partial charge in [-0.3, -0.25) is 0 Å². The molecule has 5 heteroatoms. The largest absolute Gasteiger partial charge is 0.412 e. The van der Waals surface area contributed by atoms with Crippen molar-refractivity contribution in [1.29, 1.82) is 0 Å². The summed E-state index contributed by atoms with van der Waals surface area (Å²) in [6.45, 7) is 0. The Kier molecular flexibility index (Phi) is 148. The van der Waals surface area contributed by atoms with E-state index in [-0.39, 0.29) is 11.6 Å². The smallest absolute Gasteiger partial charge is 0.324 e. The average Bonchev–Trinajstić information content (AvgIpc) is 0.918. The summed E-state index contributed by atoms with van der Waals surface area (Å²) < 4.78 is 8.46. The van der Waals surface area contributed by atoms with Crippen LogP contribution in [0.5, 0.6) is 0 Å². The van der Waals surface area contributed by atoms with Crippen molar-refractivity contribution >= 4 is 8.69 Å². The van der Waals surface area contributed by atoms with Gasteiger partial charge in [0.1, 0.15) is 0 Å². The maximum absolute atomic E-state index is 8.46. The lowest BCUT2D eigenvalue weighted by molar-refractivity contribution is 0.524. The fraction of sp³-hybridized carbons (Fsp3) is 0. The summed E-state index contributed by atoms with van der Waals surface area (Å²) in [6, 6.07) is 0. The van der Waals surface area contributed by atoms with Crippen LogP contribution in [0, 0.1) is 0 Å². The van der Waals surface area contributed by atoms with Crippen molar-refractivity contribution in [3.8, 4) is 0 Å². The molecule has 0 unspecified atom stereocenters. The molecule has 0 fully saturated rings. The maximum atomic E-state index is 8.46. The third-order valence-electron chi connectivity index (χ3n) is 0. The van der Waals surface area contributed by atoms with Crippen LogP contribution in [0.1, 0.15) is 0 Å². The fourth-order valence-electron chi connectivity index (χ4n) is 0. The van der Waals surface area contributed by atoms with Crippen molar-refractivity contribution in [3.05, 3.63) is 0 Å². The van der Waals surface area contributed by atoms with Crippen molar-refractivity contribution in [2.24, 2.45) is 0 Å². The van der Waals surface area contributed by atoms with Crippen LogP contribution >= 0.6 is 8.69 Å². The molecular formula is H6NO3P. The zero-order valence-corrected chi connectivity index (χ0v) is 3.40. The van der Waals surface area contributed by atoms with E-state index in [1.54, 1.807) is 0 Å². The highest BCUT2D eigenvalue weighted by molar-refractivity contribution is 7.16. The van der Waals surface area contributed by atoms with Crippen LogP contribution in [0.25, 0.3) is 0 Å². The Bertz CT molecular complexity index is 14.4. The van der Waals surface area contributed by atoms with E-state index < -0.39 is 8.69 Å². The molecule has 0 saturated carbocycles. The Hall–Kier alpha value is -0.0200. The second-order valence-corrected chi connectivity index (χ2v) is 0.245. The molecule has 0 radical (unpaired) electrons. The molecule has 0 aliphatic heterocycles. The molecule has 0 aliphatic carbocycles. The minimum absolute atomic E-state index is 0. The van der Waals surface area contributed by atoms with Gasteiger partial charge in [0.15, 0.2) is 0 Å². The summed E-state index contributed by atoms with van der Waals surface area (Å²) >= 11 is 0. The predicted octanol–water partition coefficient (Wildman–Crippen LogP) is -0.477. The summed E-state index contributed by atoms with van der Waals surface area (Å²) in [7, 11) is -0.833. The van der Waals surface area contributed by atoms with Crippen LogP contribution in [0.15, 0.2) is 0 Å². The molecule has 0 aromatic heterocycles. The van der Waals surface area contributed by atoms with Gasteiger partial charge >= 0.3 is 8.69 Å². The zero-order valence-electron chi connectivity index (χ0n) is 2.51. The molecule has 0 aliphatic rings. The van der Waals surface area contributed by atoms with Gasteiger partial charge < -0.3 is 16.5 Å². The van der Waals surface area contributed by atoms with E-state index >= 15 is 0 Å². The first-order valence-corrected chi connectivity index (χ1v) is 1.15. The molecule has 5 heavy (non-hydrogen) atoms. The highest BCUT2D eigenvalue weighted by Gasteiger charge is 1.28. The van der Waals surface area contributed by atoms with Crippen molar-refractivity contribution in [3.63, 3.8) is 0 Å². The SMILES string of the molecule is N.O.O=PO. The van der Waals surface area contributed by atoms with Crippen LogP contribution in [0.2, 0.25) is 0 Å². The summed E-state index contributed by atoms with van der Waals surface area (Å²) in [4.78, 5) is 6.99. The highest BCUT2D eigenvalue weighted by Crippen LogP contribution is 1.66. The molecule has 0 amide bonds.